The molecule has 1 unspecified atom stereocenters. The third-order valence-electron chi connectivity index (χ3n) is 9.20. The van der Waals surface area contributed by atoms with E-state index in [2.05, 4.69) is 15.2 Å². The first-order chi connectivity index (χ1) is 19.6. The van der Waals surface area contributed by atoms with E-state index in [-0.39, 0.29) is 23.9 Å². The number of carbonyl (C=O) groups is 1. The number of likely N-dealkylation sites (tertiary alicyclic amines) is 1. The predicted molar refractivity (Wildman–Crippen MR) is 160 cm³/mol. The fourth-order valence-corrected chi connectivity index (χ4v) is 7.47. The third-order valence-corrected chi connectivity index (χ3v) is 10.3. The van der Waals surface area contributed by atoms with Gasteiger partial charge in [-0.1, -0.05) is 11.6 Å². The second kappa shape index (κ2) is 11.5. The lowest BCUT2D eigenvalue weighted by Gasteiger charge is -2.47. The summed E-state index contributed by atoms with van der Waals surface area (Å²) in [4.78, 5) is 32.1. The Bertz CT molecular complexity index is 1380. The van der Waals surface area contributed by atoms with E-state index in [1.165, 1.54) is 24.6 Å². The van der Waals surface area contributed by atoms with Crippen molar-refractivity contribution in [1.29, 1.82) is 0 Å². The van der Waals surface area contributed by atoms with Crippen LogP contribution in [0.25, 0.3) is 0 Å². The number of carbonyl (C=O) groups excluding carboxylic acids is 1. The summed E-state index contributed by atoms with van der Waals surface area (Å²) in [5, 5.41) is 3.25. The number of hydrogen-bond donors (Lipinski definition) is 2. The number of aryl methyl sites for hydroxylation is 1. The van der Waals surface area contributed by atoms with Crippen LogP contribution in [0.1, 0.15) is 72.6 Å². The summed E-state index contributed by atoms with van der Waals surface area (Å²) in [6, 6.07) is 4.17. The molecule has 0 bridgehead atoms. The highest BCUT2D eigenvalue weighted by Gasteiger charge is 2.48. The number of aromatic nitrogens is 1. The van der Waals surface area contributed by atoms with Gasteiger partial charge < -0.3 is 24.5 Å². The van der Waals surface area contributed by atoms with Crippen molar-refractivity contribution in [3.05, 3.63) is 49.9 Å². The van der Waals surface area contributed by atoms with Crippen LogP contribution in [0.2, 0.25) is 5.02 Å². The van der Waals surface area contributed by atoms with Gasteiger partial charge in [0.1, 0.15) is 0 Å². The zero-order valence-corrected chi connectivity index (χ0v) is 25.9. The third kappa shape index (κ3) is 5.88. The second-order valence-electron chi connectivity index (χ2n) is 12.3. The van der Waals surface area contributed by atoms with Gasteiger partial charge in [0.05, 0.1) is 17.7 Å². The molecule has 3 fully saturated rings. The molecule has 1 atom stereocenters. The van der Waals surface area contributed by atoms with Crippen molar-refractivity contribution in [2.24, 2.45) is 11.8 Å². The smallest absolute Gasteiger partial charge is 0.254 e. The van der Waals surface area contributed by atoms with E-state index in [4.69, 9.17) is 25.8 Å². The number of benzene rings is 1. The number of hydrogen-bond acceptors (Lipinski definition) is 7. The van der Waals surface area contributed by atoms with Gasteiger partial charge in [-0.25, -0.2) is 0 Å². The number of ether oxygens (including phenoxy) is 3. The maximum atomic E-state index is 13.3. The zero-order chi connectivity index (χ0) is 28.9. The van der Waals surface area contributed by atoms with Crippen LogP contribution in [0.5, 0.6) is 11.5 Å². The summed E-state index contributed by atoms with van der Waals surface area (Å²) in [7, 11) is 0. The molecule has 6 rings (SSSR count). The molecule has 0 radical (unpaired) electrons. The summed E-state index contributed by atoms with van der Waals surface area (Å²) >= 11 is 8.14. The van der Waals surface area contributed by atoms with Gasteiger partial charge in [0.2, 0.25) is 0 Å². The maximum Gasteiger partial charge on any atom is 0.254 e. The van der Waals surface area contributed by atoms with Crippen LogP contribution in [0.3, 0.4) is 0 Å². The highest BCUT2D eigenvalue weighted by Crippen LogP contribution is 2.52. The van der Waals surface area contributed by atoms with Gasteiger partial charge in [-0.2, -0.15) is 0 Å². The van der Waals surface area contributed by atoms with Crippen LogP contribution in [0.15, 0.2) is 21.8 Å². The lowest BCUT2D eigenvalue weighted by molar-refractivity contribution is -0.127. The van der Waals surface area contributed by atoms with Gasteiger partial charge >= 0.3 is 0 Å². The highest BCUT2D eigenvalue weighted by molar-refractivity contribution is 7.98. The van der Waals surface area contributed by atoms with Crippen molar-refractivity contribution in [2.75, 3.05) is 26.0 Å². The molecule has 1 saturated heterocycles. The number of nitrogens with one attached hydrogen (secondary N) is 2. The standard InChI is InChI=1S/C31H40ClN3O5S/c1-17-11-26(41-4)24(30(37)34-17)13-33-29(36)23-12-25(32)28-27(18(23)2)39-31(3,40-28)20-5-7-21(8-6-20)35-14-19(15-35)16-38-22-9-10-22/h11-12,19-22H,5-10,13-16H2,1-4H3,(H,33,36)(H,34,37). The van der Waals surface area contributed by atoms with E-state index < -0.39 is 5.79 Å². The molecule has 1 aromatic carbocycles. The molecule has 2 saturated carbocycles. The van der Waals surface area contributed by atoms with Crippen LogP contribution in [0.4, 0.5) is 0 Å². The van der Waals surface area contributed by atoms with Crippen LogP contribution >= 0.6 is 23.4 Å². The Hall–Kier alpha value is -2.20. The van der Waals surface area contributed by atoms with Crippen molar-refractivity contribution in [2.45, 2.75) is 88.7 Å². The topological polar surface area (TPSA) is 92.9 Å². The van der Waals surface area contributed by atoms with Crippen LogP contribution in [-0.2, 0) is 11.3 Å². The molecule has 10 heteroatoms. The number of amides is 1. The summed E-state index contributed by atoms with van der Waals surface area (Å²) < 4.78 is 18.8. The first-order valence-electron chi connectivity index (χ1n) is 14.8. The van der Waals surface area contributed by atoms with Crippen molar-refractivity contribution < 1.29 is 19.0 Å². The quantitative estimate of drug-likeness (QED) is 0.369. The molecular weight excluding hydrogens is 562 g/mol. The minimum atomic E-state index is -0.825. The van der Waals surface area contributed by atoms with E-state index >= 15 is 0 Å². The summed E-state index contributed by atoms with van der Waals surface area (Å²) in [6.45, 7) is 9.02. The number of fused-ring (bicyclic) bond motifs is 1. The van der Waals surface area contributed by atoms with Crippen LogP contribution in [-0.4, -0.2) is 59.7 Å². The van der Waals surface area contributed by atoms with Crippen molar-refractivity contribution >= 4 is 29.3 Å². The van der Waals surface area contributed by atoms with Crippen LogP contribution in [0, 0.1) is 25.7 Å². The fraction of sp³-hybridized carbons (Fsp3) is 0.613. The van der Waals surface area contributed by atoms with Crippen molar-refractivity contribution in [1.82, 2.24) is 15.2 Å². The fourth-order valence-electron chi connectivity index (χ4n) is 6.53. The van der Waals surface area contributed by atoms with Gasteiger partial charge in [0.25, 0.3) is 17.3 Å². The van der Waals surface area contributed by atoms with Gasteiger partial charge in [0.15, 0.2) is 11.5 Å². The summed E-state index contributed by atoms with van der Waals surface area (Å²) in [6.07, 6.45) is 9.20. The van der Waals surface area contributed by atoms with E-state index in [1.54, 1.807) is 6.07 Å². The molecule has 3 heterocycles. The average molecular weight is 602 g/mol. The summed E-state index contributed by atoms with van der Waals surface area (Å²) in [5.74, 6) is 0.815. The molecule has 41 heavy (non-hydrogen) atoms. The number of pyridine rings is 1. The average Bonchev–Trinajstić information content (AvgIpc) is 3.68. The first-order valence-corrected chi connectivity index (χ1v) is 16.4. The molecule has 222 valence electrons. The second-order valence-corrected chi connectivity index (χ2v) is 13.5. The number of halogens is 1. The minimum absolute atomic E-state index is 0.113. The zero-order valence-electron chi connectivity index (χ0n) is 24.3. The Morgan fingerprint density at radius 3 is 2.54 bits per heavy atom. The van der Waals surface area contributed by atoms with Gasteiger partial charge in [-0.05, 0) is 70.8 Å². The SMILES string of the molecule is CSc1cc(C)[nH]c(=O)c1CNC(=O)c1cc(Cl)c2c(c1C)OC(C)(C1CCC(N3CC(COC4CC4)C3)CC1)O2. The first kappa shape index (κ1) is 28.9. The largest absolute Gasteiger partial charge is 0.448 e. The lowest BCUT2D eigenvalue weighted by atomic mass is 9.79. The number of rotatable bonds is 9. The molecule has 2 aliphatic heterocycles. The molecule has 1 aromatic heterocycles. The van der Waals surface area contributed by atoms with Gasteiger partial charge in [-0.15, -0.1) is 11.8 Å². The summed E-state index contributed by atoms with van der Waals surface area (Å²) in [5.41, 5.74) is 2.22. The normalized spacial score (nSPS) is 26.2. The van der Waals surface area contributed by atoms with Gasteiger partial charge in [0, 0.05) is 71.7 Å². The molecule has 0 spiro atoms. The Labute approximate surface area is 250 Å². The number of aromatic amines is 1. The van der Waals surface area contributed by atoms with E-state index in [9.17, 15) is 9.59 Å². The number of H-pyrrole nitrogens is 1. The molecule has 2 aliphatic carbocycles. The molecule has 2 aromatic rings. The maximum absolute atomic E-state index is 13.3. The molecular formula is C31H40ClN3O5S. The van der Waals surface area contributed by atoms with E-state index in [0.29, 0.717) is 51.3 Å². The molecule has 1 amide bonds. The van der Waals surface area contributed by atoms with Crippen molar-refractivity contribution in [3.63, 3.8) is 0 Å². The van der Waals surface area contributed by atoms with Crippen LogP contribution < -0.4 is 20.3 Å². The predicted octanol–water partition coefficient (Wildman–Crippen LogP) is 5.45. The highest BCUT2D eigenvalue weighted by atomic mass is 35.5. The van der Waals surface area contributed by atoms with Gasteiger partial charge in [-0.3, -0.25) is 14.5 Å². The molecule has 4 aliphatic rings. The van der Waals surface area contributed by atoms with E-state index in [0.717, 1.165) is 56.0 Å². The number of nitrogens with zero attached hydrogens (tertiary/aromatic N) is 1. The molecule has 8 nitrogen and oxygen atoms in total. The minimum Gasteiger partial charge on any atom is -0.448 e. The Balaban J connectivity index is 1.07. The monoisotopic (exact) mass is 601 g/mol. The Morgan fingerprint density at radius 2 is 1.85 bits per heavy atom. The van der Waals surface area contributed by atoms with E-state index in [1.807, 2.05) is 33.1 Å². The Kier molecular flexibility index (Phi) is 8.09. The van der Waals surface area contributed by atoms with Crippen molar-refractivity contribution in [3.8, 4) is 11.5 Å². The number of thioether (sulfide) groups is 1. The Morgan fingerprint density at radius 1 is 1.15 bits per heavy atom. The molecule has 2 N–H and O–H groups in total. The lowest BCUT2D eigenvalue weighted by Crippen LogP contribution is -2.55.